The summed E-state index contributed by atoms with van der Waals surface area (Å²) >= 11 is 0. The van der Waals surface area contributed by atoms with Crippen LogP contribution in [0.5, 0.6) is 0 Å². The van der Waals surface area contributed by atoms with Crippen LogP contribution in [0.3, 0.4) is 0 Å². The molecule has 20 atom stereocenters. The van der Waals surface area contributed by atoms with E-state index >= 15 is 4.57 Å². The lowest BCUT2D eigenvalue weighted by Gasteiger charge is -2.43. The number of esters is 6. The van der Waals surface area contributed by atoms with Gasteiger partial charge in [0.2, 0.25) is 6.29 Å². The highest BCUT2D eigenvalue weighted by Gasteiger charge is 2.54. The number of rotatable bonds is 26. The van der Waals surface area contributed by atoms with Gasteiger partial charge in [-0.1, -0.05) is 168 Å². The Labute approximate surface area is 678 Å². The van der Waals surface area contributed by atoms with Crippen LogP contribution in [0.15, 0.2) is 180 Å². The van der Waals surface area contributed by atoms with E-state index in [4.69, 9.17) is 73.0 Å². The van der Waals surface area contributed by atoms with Crippen molar-refractivity contribution in [3.63, 3.8) is 0 Å². The molecule has 0 saturated carbocycles. The molecule has 0 aliphatic carbocycles. The summed E-state index contributed by atoms with van der Waals surface area (Å²) in [6.45, 7) is 4.65. The van der Waals surface area contributed by atoms with E-state index in [0.29, 0.717) is 26.5 Å². The second-order valence-corrected chi connectivity index (χ2v) is 31.7. The van der Waals surface area contributed by atoms with Crippen LogP contribution in [0, 0.1) is 10.1 Å². The summed E-state index contributed by atoms with van der Waals surface area (Å²) in [7, 11) is -4.41. The number of nitrogens with one attached hydrogen (secondary N) is 2. The standard InChI is InChI=1S/C31H32NO10P.C26H28NO7P.C12H16N4O10.C7H13N3O5/c1-19(33)39-18-25-28(40-20(2)34)29(41-21(3)35)27(31(37)42-25)32-30(36)24-16-10-11-17-26(24)43(38,22-12-6-4-7-13-22)23-14-8-5-9-15-23;1-33-26-22(24(30)23(29)20(16-28)34-26)27-25(31)19-14-8-9-15-21(19)35(32,17-10-4-2-5-11-17)18-12-6-3-7-13-18;1-5(17)22-4-8-10(23-6(2)18)11(24-7(3)19)9(14-15-13)12(25-8)26-16(20)21;1-14-7-4(9-10-8)6(13)5(12)3(2-11)15-7/h4-17,25,27-29,31,37H,18H2,1-3H3,(H,32,36);2-15,20,22-24,26,28-30H,16H2,1H3,(H,27,31);8-12H,4H2,1-3H3;3-7,11-13H,2H2,1H3/t25?,27?,28-,29-,31?;20?,22?,23-,24+,26?;8?,9?,10-,11-,12?;3?,4?,5-,6+,7?/m1000/s1. The first-order valence-electron chi connectivity index (χ1n) is 36.1. The van der Waals surface area contributed by atoms with Gasteiger partial charge in [0.25, 0.3) is 16.9 Å². The van der Waals surface area contributed by atoms with Crippen molar-refractivity contribution < 1.29 is 150 Å². The maximum Gasteiger partial charge on any atom is 0.303 e. The highest BCUT2D eigenvalue weighted by atomic mass is 31.2. The lowest BCUT2D eigenvalue weighted by molar-refractivity contribution is -0.783. The van der Waals surface area contributed by atoms with Crippen LogP contribution >= 0.6 is 14.3 Å². The molecule has 2 amide bonds. The van der Waals surface area contributed by atoms with E-state index in [-0.39, 0.29) is 16.4 Å². The van der Waals surface area contributed by atoms with E-state index in [2.05, 4.69) is 35.5 Å². The quantitative estimate of drug-likeness (QED) is 0.00531. The number of nitrogens with zero attached hydrogens (tertiary/aromatic N) is 7. The van der Waals surface area contributed by atoms with Crippen molar-refractivity contribution in [3.8, 4) is 0 Å². The number of hydrogen-bond donors (Lipinski definition) is 9. The predicted molar refractivity (Wildman–Crippen MR) is 413 cm³/mol. The zero-order valence-electron chi connectivity index (χ0n) is 64.9. The van der Waals surface area contributed by atoms with E-state index in [1.807, 2.05) is 12.1 Å². The molecule has 4 aliphatic heterocycles. The third-order valence-corrected chi connectivity index (χ3v) is 24.4. The molecule has 10 rings (SSSR count). The molecule has 0 aromatic heterocycles. The van der Waals surface area contributed by atoms with E-state index in [1.165, 1.54) is 20.3 Å². The van der Waals surface area contributed by atoms with E-state index < -0.39 is 216 Å². The summed E-state index contributed by atoms with van der Waals surface area (Å²) in [5.74, 6) is -5.95. The first kappa shape index (κ1) is 95.0. The minimum Gasteiger partial charge on any atom is -0.463 e. The van der Waals surface area contributed by atoms with Gasteiger partial charge in [0, 0.05) is 97.4 Å². The van der Waals surface area contributed by atoms with Crippen molar-refractivity contribution in [2.45, 2.75) is 164 Å². The number of aliphatic hydroxyl groups excluding tert-OH is 7. The second-order valence-electron chi connectivity index (χ2n) is 26.2. The fraction of sp³-hybridized carbons (Fsp3) is 0.421. The Morgan fingerprint density at radius 1 is 0.437 bits per heavy atom. The number of ether oxygens (including phenoxy) is 12. The fourth-order valence-corrected chi connectivity index (χ4v) is 18.6. The summed E-state index contributed by atoms with van der Waals surface area (Å²) in [5.41, 5.74) is 17.2. The van der Waals surface area contributed by atoms with E-state index in [9.17, 15) is 83.7 Å². The van der Waals surface area contributed by atoms with Gasteiger partial charge in [0.05, 0.1) is 30.4 Å². The molecular weight excluding hydrogens is 1610 g/mol. The number of methoxy groups -OCH3 is 2. The summed E-state index contributed by atoms with van der Waals surface area (Å²) in [6.07, 6.45) is -21.4. The predicted octanol–water partition coefficient (Wildman–Crippen LogP) is 0.854. The van der Waals surface area contributed by atoms with Crippen molar-refractivity contribution in [2.75, 3.05) is 40.6 Å². The van der Waals surface area contributed by atoms with E-state index in [0.717, 1.165) is 41.5 Å². The number of benzene rings is 6. The highest BCUT2D eigenvalue weighted by Crippen LogP contribution is 2.45. The second kappa shape index (κ2) is 45.1. The zero-order valence-corrected chi connectivity index (χ0v) is 66.7. The lowest BCUT2D eigenvalue weighted by Crippen LogP contribution is -2.66. The Balaban J connectivity index is 0.000000231. The van der Waals surface area contributed by atoms with Crippen LogP contribution in [0.2, 0.25) is 0 Å². The number of aliphatic hydroxyl groups is 7. The van der Waals surface area contributed by atoms with Crippen molar-refractivity contribution in [1.82, 2.24) is 10.6 Å². The van der Waals surface area contributed by atoms with Gasteiger partial charge in [-0.15, -0.1) is 10.1 Å². The Morgan fingerprint density at radius 3 is 1.15 bits per heavy atom. The molecule has 43 heteroatoms. The normalized spacial score (nSPS) is 26.2. The first-order chi connectivity index (χ1) is 56.7. The maximum atomic E-state index is 15.0. The minimum atomic E-state index is -3.59. The van der Waals surface area contributed by atoms with Gasteiger partial charge >= 0.3 is 35.8 Å². The number of azide groups is 2. The topological polar surface area (TPSA) is 597 Å². The van der Waals surface area contributed by atoms with E-state index in [1.54, 1.807) is 152 Å². The maximum absolute atomic E-state index is 15.0. The lowest BCUT2D eigenvalue weighted by atomic mass is 9.96. The van der Waals surface area contributed by atoms with Gasteiger partial charge < -0.3 is 112 Å². The third kappa shape index (κ3) is 24.5. The van der Waals surface area contributed by atoms with Gasteiger partial charge in [0.15, 0.2) is 57.6 Å². The van der Waals surface area contributed by atoms with Gasteiger partial charge in [-0.2, -0.15) is 0 Å². The monoisotopic (exact) mass is 1700 g/mol. The Morgan fingerprint density at radius 2 is 0.773 bits per heavy atom. The molecule has 4 aliphatic rings. The molecule has 12 unspecified atom stereocenters. The van der Waals surface area contributed by atoms with Crippen LogP contribution in [0.4, 0.5) is 0 Å². The van der Waals surface area contributed by atoms with Crippen LogP contribution in [0.25, 0.3) is 20.9 Å². The van der Waals surface area contributed by atoms with Crippen molar-refractivity contribution in [2.24, 2.45) is 10.2 Å². The molecule has 0 bridgehead atoms. The number of carbonyl (C=O) groups excluding carboxylic acids is 8. The summed E-state index contributed by atoms with van der Waals surface area (Å²) in [4.78, 5) is 117. The average molecular weight is 1700 g/mol. The van der Waals surface area contributed by atoms with Crippen LogP contribution < -0.4 is 42.5 Å². The Hall–Kier alpha value is -11.2. The number of carbonyl (C=O) groups is 8. The zero-order chi connectivity index (χ0) is 87.4. The molecular formula is C76H89N9O32P2. The van der Waals surface area contributed by atoms with Crippen LogP contribution in [-0.4, -0.2) is 252 Å². The molecule has 6 aromatic rings. The molecule has 4 heterocycles. The van der Waals surface area contributed by atoms with Gasteiger partial charge in [-0.3, -0.25) is 43.2 Å². The Bertz CT molecular complexity index is 4550. The Kier molecular flexibility index (Phi) is 36.0. The number of hydrogen-bond acceptors (Lipinski definition) is 34. The molecule has 9 N–H and O–H groups in total. The molecule has 4 saturated heterocycles. The molecule has 119 heavy (non-hydrogen) atoms. The average Bonchev–Trinajstić information content (AvgIpc) is 0.762. The summed E-state index contributed by atoms with van der Waals surface area (Å²) < 4.78 is 92.0. The largest absolute Gasteiger partial charge is 0.463 e. The molecule has 640 valence electrons. The fourth-order valence-electron chi connectivity index (χ4n) is 12.9. The summed E-state index contributed by atoms with van der Waals surface area (Å²) in [6, 6.07) is 43.3. The van der Waals surface area contributed by atoms with Crippen LogP contribution in [-0.2, 0) is 99.6 Å². The minimum absolute atomic E-state index is 0.0402. The van der Waals surface area contributed by atoms with Crippen LogP contribution in [0.1, 0.15) is 62.3 Å². The van der Waals surface area contributed by atoms with Gasteiger partial charge in [0.1, 0.15) is 80.1 Å². The van der Waals surface area contributed by atoms with Gasteiger partial charge in [-0.05, 0) is 23.2 Å². The van der Waals surface area contributed by atoms with Crippen molar-refractivity contribution in [1.29, 1.82) is 0 Å². The van der Waals surface area contributed by atoms with Gasteiger partial charge in [-0.25, -0.2) is 0 Å². The molecule has 0 radical (unpaired) electrons. The van der Waals surface area contributed by atoms with Crippen molar-refractivity contribution >= 4 is 93.7 Å². The SMILES string of the molecule is CC(=O)OCC1OC(O)C(NC(=O)c2ccccc2P(=O)(c2ccccc2)c2ccccc2)[C@@H](OC(C)=O)[C@@H]1OC(C)=O.CC(=O)OCC1OC(O[N+](=O)[O-])C(N=[N+]=[N-])[C@H](OC(C)=O)[C@H]1OC(C)=O.COC1OC(CO)[C@H](O)[C@H](O)C1N=[N+]=[N-].COC1OC(CO)[C@H](O)[C@H](O)C1NC(=O)c1ccccc1P(=O)(c1ccccc1)c1ccccc1. The molecule has 6 aromatic carbocycles. The first-order valence-corrected chi connectivity index (χ1v) is 39.5. The smallest absolute Gasteiger partial charge is 0.303 e. The highest BCUT2D eigenvalue weighted by molar-refractivity contribution is 7.86. The van der Waals surface area contributed by atoms with Crippen molar-refractivity contribution in [3.05, 3.63) is 212 Å². The molecule has 0 spiro atoms. The third-order valence-electron chi connectivity index (χ3n) is 18.2. The molecule has 41 nitrogen and oxygen atoms in total. The number of amides is 2. The summed E-state index contributed by atoms with van der Waals surface area (Å²) in [5, 5.41) is 93.3. The molecule has 4 fully saturated rings.